The number of hydrogen-bond donors (Lipinski definition) is 2. The molecule has 19 heavy (non-hydrogen) atoms. The lowest BCUT2D eigenvalue weighted by molar-refractivity contribution is 0.863. The summed E-state index contributed by atoms with van der Waals surface area (Å²) >= 11 is 3.45. The lowest BCUT2D eigenvalue weighted by Crippen LogP contribution is -2.23. The summed E-state index contributed by atoms with van der Waals surface area (Å²) in [5, 5.41) is 15.5. The van der Waals surface area contributed by atoms with Gasteiger partial charge in [0, 0.05) is 18.1 Å². The van der Waals surface area contributed by atoms with Crippen LogP contribution in [-0.4, -0.2) is 23.1 Å². The smallest absolute Gasteiger partial charge is 0.162 e. The molecule has 5 nitrogen and oxygen atoms in total. The van der Waals surface area contributed by atoms with Gasteiger partial charge < -0.3 is 10.6 Å². The zero-order chi connectivity index (χ0) is 13.8. The van der Waals surface area contributed by atoms with Gasteiger partial charge in [-0.05, 0) is 23.8 Å². The summed E-state index contributed by atoms with van der Waals surface area (Å²) in [4.78, 5) is 1.92. The van der Waals surface area contributed by atoms with Crippen molar-refractivity contribution >= 4 is 27.6 Å². The minimum Gasteiger partial charge on any atom is -0.384 e. The summed E-state index contributed by atoms with van der Waals surface area (Å²) in [6.45, 7) is 0.665. The molecule has 0 fully saturated rings. The maximum atomic E-state index is 7.56. The Morgan fingerprint density at radius 2 is 2.21 bits per heavy atom. The first-order valence-electron chi connectivity index (χ1n) is 5.69. The molecular formula is C13H14BrN5. The van der Waals surface area contributed by atoms with Crippen LogP contribution in [0.1, 0.15) is 11.1 Å². The number of aromatic nitrogens is 2. The van der Waals surface area contributed by atoms with E-state index in [1.54, 1.807) is 6.07 Å². The molecule has 0 aliphatic rings. The van der Waals surface area contributed by atoms with Gasteiger partial charge in [0.2, 0.25) is 0 Å². The number of nitrogens with two attached hydrogens (primary N) is 1. The summed E-state index contributed by atoms with van der Waals surface area (Å²) in [7, 11) is 1.90. The van der Waals surface area contributed by atoms with Gasteiger partial charge in [-0.2, -0.15) is 5.10 Å². The van der Waals surface area contributed by atoms with Crippen molar-refractivity contribution in [3.8, 4) is 0 Å². The summed E-state index contributed by atoms with van der Waals surface area (Å²) in [5.41, 5.74) is 7.28. The first-order valence-corrected chi connectivity index (χ1v) is 6.49. The van der Waals surface area contributed by atoms with Crippen LogP contribution in [0.4, 0.5) is 5.82 Å². The Balaban J connectivity index is 2.25. The van der Waals surface area contributed by atoms with Crippen molar-refractivity contribution in [3.05, 3.63) is 52.1 Å². The first kappa shape index (κ1) is 13.5. The SMILES string of the molecule is CN(Cc1cccc(Br)c1)c1nnccc1C(=N)N. The van der Waals surface area contributed by atoms with Crippen molar-refractivity contribution in [3.63, 3.8) is 0 Å². The van der Waals surface area contributed by atoms with Crippen LogP contribution in [0.5, 0.6) is 0 Å². The minimum absolute atomic E-state index is 0.00834. The van der Waals surface area contributed by atoms with Gasteiger partial charge in [0.15, 0.2) is 5.82 Å². The normalized spacial score (nSPS) is 10.2. The topological polar surface area (TPSA) is 78.9 Å². The third-order valence-corrected chi connectivity index (χ3v) is 3.15. The molecule has 0 atom stereocenters. The molecule has 1 aromatic heterocycles. The molecule has 1 aromatic carbocycles. The molecule has 0 spiro atoms. The Labute approximate surface area is 120 Å². The average Bonchev–Trinajstić information content (AvgIpc) is 2.38. The third-order valence-electron chi connectivity index (χ3n) is 2.66. The maximum absolute atomic E-state index is 7.56. The molecule has 3 N–H and O–H groups in total. The fourth-order valence-corrected chi connectivity index (χ4v) is 2.25. The Hall–Kier alpha value is -1.95. The van der Waals surface area contributed by atoms with Crippen molar-refractivity contribution in [2.24, 2.45) is 5.73 Å². The maximum Gasteiger partial charge on any atom is 0.162 e. The van der Waals surface area contributed by atoms with Crippen molar-refractivity contribution in [1.29, 1.82) is 5.41 Å². The van der Waals surface area contributed by atoms with E-state index >= 15 is 0 Å². The molecular weight excluding hydrogens is 306 g/mol. The van der Waals surface area contributed by atoms with Crippen LogP contribution in [-0.2, 0) is 6.54 Å². The second kappa shape index (κ2) is 5.79. The summed E-state index contributed by atoms with van der Waals surface area (Å²) in [6.07, 6.45) is 1.53. The highest BCUT2D eigenvalue weighted by atomic mass is 79.9. The van der Waals surface area contributed by atoms with Crippen LogP contribution in [0.2, 0.25) is 0 Å². The summed E-state index contributed by atoms with van der Waals surface area (Å²) < 4.78 is 1.03. The van der Waals surface area contributed by atoms with Crippen molar-refractivity contribution in [2.75, 3.05) is 11.9 Å². The minimum atomic E-state index is -0.00834. The quantitative estimate of drug-likeness (QED) is 0.668. The molecule has 0 radical (unpaired) electrons. The van der Waals surface area contributed by atoms with Gasteiger partial charge in [0.25, 0.3) is 0 Å². The lowest BCUT2D eigenvalue weighted by Gasteiger charge is -2.20. The molecule has 0 aliphatic carbocycles. The van der Waals surface area contributed by atoms with E-state index in [4.69, 9.17) is 11.1 Å². The van der Waals surface area contributed by atoms with E-state index in [1.807, 2.05) is 36.2 Å². The number of nitrogen functional groups attached to an aromatic ring is 1. The van der Waals surface area contributed by atoms with E-state index < -0.39 is 0 Å². The molecule has 0 saturated heterocycles. The highest BCUT2D eigenvalue weighted by molar-refractivity contribution is 9.10. The van der Waals surface area contributed by atoms with E-state index in [2.05, 4.69) is 26.1 Å². The third kappa shape index (κ3) is 3.29. The van der Waals surface area contributed by atoms with Crippen LogP contribution < -0.4 is 10.6 Å². The summed E-state index contributed by atoms with van der Waals surface area (Å²) in [6, 6.07) is 9.73. The van der Waals surface area contributed by atoms with Crippen molar-refractivity contribution in [1.82, 2.24) is 10.2 Å². The van der Waals surface area contributed by atoms with E-state index in [0.717, 1.165) is 10.0 Å². The second-order valence-electron chi connectivity index (χ2n) is 4.17. The van der Waals surface area contributed by atoms with E-state index in [1.165, 1.54) is 6.20 Å². The van der Waals surface area contributed by atoms with Crippen molar-refractivity contribution < 1.29 is 0 Å². The fourth-order valence-electron chi connectivity index (χ4n) is 1.80. The van der Waals surface area contributed by atoms with E-state index in [9.17, 15) is 0 Å². The van der Waals surface area contributed by atoms with Crippen LogP contribution in [0.15, 0.2) is 41.0 Å². The highest BCUT2D eigenvalue weighted by Gasteiger charge is 2.12. The van der Waals surface area contributed by atoms with E-state index in [0.29, 0.717) is 17.9 Å². The zero-order valence-electron chi connectivity index (χ0n) is 10.5. The molecule has 0 aliphatic heterocycles. The molecule has 0 amide bonds. The van der Waals surface area contributed by atoms with Gasteiger partial charge in [-0.25, -0.2) is 0 Å². The average molecular weight is 320 g/mol. The van der Waals surface area contributed by atoms with E-state index in [-0.39, 0.29) is 5.84 Å². The number of hydrogen-bond acceptors (Lipinski definition) is 4. The number of nitrogens with one attached hydrogen (secondary N) is 1. The largest absolute Gasteiger partial charge is 0.384 e. The monoisotopic (exact) mass is 319 g/mol. The van der Waals surface area contributed by atoms with Gasteiger partial charge in [-0.15, -0.1) is 5.10 Å². The van der Waals surface area contributed by atoms with Crippen LogP contribution in [0.3, 0.4) is 0 Å². The predicted octanol–water partition coefficient (Wildman–Crippen LogP) is 2.16. The fraction of sp³-hybridized carbons (Fsp3) is 0.154. The Morgan fingerprint density at radius 1 is 1.42 bits per heavy atom. The summed E-state index contributed by atoms with van der Waals surface area (Å²) in [5.74, 6) is 0.598. The van der Waals surface area contributed by atoms with Gasteiger partial charge in [-0.3, -0.25) is 5.41 Å². The first-order chi connectivity index (χ1) is 9.08. The molecule has 6 heteroatoms. The molecule has 0 bridgehead atoms. The van der Waals surface area contributed by atoms with Gasteiger partial charge in [0.1, 0.15) is 5.84 Å². The van der Waals surface area contributed by atoms with Crippen molar-refractivity contribution in [2.45, 2.75) is 6.54 Å². The number of amidine groups is 1. The Morgan fingerprint density at radius 3 is 2.89 bits per heavy atom. The number of nitrogens with zero attached hydrogens (tertiary/aromatic N) is 3. The second-order valence-corrected chi connectivity index (χ2v) is 5.08. The van der Waals surface area contributed by atoms with Gasteiger partial charge in [-0.1, -0.05) is 28.1 Å². The molecule has 2 aromatic rings. The molecule has 98 valence electrons. The number of rotatable bonds is 4. The molecule has 0 saturated carbocycles. The van der Waals surface area contributed by atoms with Gasteiger partial charge in [0.05, 0.1) is 11.8 Å². The van der Waals surface area contributed by atoms with Crippen LogP contribution >= 0.6 is 15.9 Å². The van der Waals surface area contributed by atoms with Crippen LogP contribution in [0, 0.1) is 5.41 Å². The van der Waals surface area contributed by atoms with Gasteiger partial charge >= 0.3 is 0 Å². The van der Waals surface area contributed by atoms with Crippen LogP contribution in [0.25, 0.3) is 0 Å². The predicted molar refractivity (Wildman–Crippen MR) is 79.3 cm³/mol. The number of anilines is 1. The molecule has 0 unspecified atom stereocenters. The molecule has 1 heterocycles. The zero-order valence-corrected chi connectivity index (χ0v) is 12.1. The highest BCUT2D eigenvalue weighted by Crippen LogP contribution is 2.18. The standard InChI is InChI=1S/C13H14BrN5/c1-19(8-9-3-2-4-10(14)7-9)13-11(12(15)16)5-6-17-18-13/h2-7H,8H2,1H3,(H3,15,16). The number of halogens is 1. The Kier molecular flexibility index (Phi) is 4.11. The number of benzene rings is 1. The molecule has 2 rings (SSSR count). The Bertz CT molecular complexity index is 599. The lowest BCUT2D eigenvalue weighted by atomic mass is 10.2.